The first-order valence-corrected chi connectivity index (χ1v) is 7.29. The molecule has 7 nitrogen and oxygen atoms in total. The second-order valence-electron chi connectivity index (χ2n) is 5.10. The molecule has 1 N–H and O–H groups in total. The molecule has 114 valence electrons. The third-order valence-corrected chi connectivity index (χ3v) is 3.55. The number of nitrogens with one attached hydrogen (secondary N) is 1. The van der Waals surface area contributed by atoms with Crippen LogP contribution in [0.25, 0.3) is 0 Å². The third kappa shape index (κ3) is 4.40. The van der Waals surface area contributed by atoms with Gasteiger partial charge in [0.05, 0.1) is 4.92 Å². The van der Waals surface area contributed by atoms with Crippen molar-refractivity contribution in [2.24, 2.45) is 0 Å². The third-order valence-electron chi connectivity index (χ3n) is 3.55. The number of pyridine rings is 1. The summed E-state index contributed by atoms with van der Waals surface area (Å²) in [6.45, 7) is 2.07. The van der Waals surface area contributed by atoms with E-state index in [-0.39, 0.29) is 17.4 Å². The minimum atomic E-state index is -0.451. The van der Waals surface area contributed by atoms with E-state index < -0.39 is 4.92 Å². The molecule has 2 heterocycles. The smallest absolute Gasteiger partial charge is 0.311 e. The standard InChI is InChI=1S/C14H20N4O3/c19-13-7-2-1-3-10-17(13)11-5-9-16-14-12(18(20)21)6-4-8-15-14/h4,6,8H,1-3,5,7,9-11H2,(H,15,16). The monoisotopic (exact) mass is 292 g/mol. The van der Waals surface area contributed by atoms with E-state index >= 15 is 0 Å². The lowest BCUT2D eigenvalue weighted by Crippen LogP contribution is -2.32. The van der Waals surface area contributed by atoms with Crippen molar-refractivity contribution >= 4 is 17.4 Å². The minimum absolute atomic E-state index is 0.0247. The lowest BCUT2D eigenvalue weighted by molar-refractivity contribution is -0.384. The Labute approximate surface area is 123 Å². The summed E-state index contributed by atoms with van der Waals surface area (Å²) >= 11 is 0. The van der Waals surface area contributed by atoms with Gasteiger partial charge in [-0.15, -0.1) is 0 Å². The number of hydrogen-bond acceptors (Lipinski definition) is 5. The van der Waals surface area contributed by atoms with Crippen LogP contribution in [0.2, 0.25) is 0 Å². The van der Waals surface area contributed by atoms with Crippen LogP contribution in [0.1, 0.15) is 32.1 Å². The van der Waals surface area contributed by atoms with Crippen LogP contribution in [0.3, 0.4) is 0 Å². The summed E-state index contributed by atoms with van der Waals surface area (Å²) in [7, 11) is 0. The number of nitro groups is 1. The van der Waals surface area contributed by atoms with E-state index in [0.717, 1.165) is 32.2 Å². The van der Waals surface area contributed by atoms with E-state index in [9.17, 15) is 14.9 Å². The van der Waals surface area contributed by atoms with Gasteiger partial charge >= 0.3 is 5.69 Å². The van der Waals surface area contributed by atoms with Gasteiger partial charge in [0.1, 0.15) is 0 Å². The summed E-state index contributed by atoms with van der Waals surface area (Å²) in [5.74, 6) is 0.501. The van der Waals surface area contributed by atoms with Gasteiger partial charge in [-0.1, -0.05) is 6.42 Å². The van der Waals surface area contributed by atoms with Crippen molar-refractivity contribution in [3.05, 3.63) is 28.4 Å². The molecule has 1 aromatic rings. The Morgan fingerprint density at radius 2 is 2.24 bits per heavy atom. The van der Waals surface area contributed by atoms with Crippen molar-refractivity contribution in [2.45, 2.75) is 32.1 Å². The van der Waals surface area contributed by atoms with Gasteiger partial charge in [0, 0.05) is 38.3 Å². The highest BCUT2D eigenvalue weighted by atomic mass is 16.6. The molecule has 0 aromatic carbocycles. The summed E-state index contributed by atoms with van der Waals surface area (Å²) in [6.07, 6.45) is 6.06. The van der Waals surface area contributed by atoms with Crippen LogP contribution in [0.5, 0.6) is 0 Å². The zero-order valence-electron chi connectivity index (χ0n) is 12.0. The maximum atomic E-state index is 11.8. The molecule has 21 heavy (non-hydrogen) atoms. The van der Waals surface area contributed by atoms with Crippen LogP contribution in [-0.2, 0) is 4.79 Å². The van der Waals surface area contributed by atoms with E-state index in [4.69, 9.17) is 0 Å². The van der Waals surface area contributed by atoms with Crippen molar-refractivity contribution in [1.29, 1.82) is 0 Å². The summed E-state index contributed by atoms with van der Waals surface area (Å²) in [4.78, 5) is 28.1. The molecule has 1 aliphatic rings. The highest BCUT2D eigenvalue weighted by Crippen LogP contribution is 2.20. The Balaban J connectivity index is 1.79. The average Bonchev–Trinajstić information content (AvgIpc) is 2.68. The quantitative estimate of drug-likeness (QED) is 0.493. The van der Waals surface area contributed by atoms with Crippen molar-refractivity contribution in [1.82, 2.24) is 9.88 Å². The first-order chi connectivity index (χ1) is 10.2. The highest BCUT2D eigenvalue weighted by molar-refractivity contribution is 5.76. The maximum absolute atomic E-state index is 11.8. The number of carbonyl (C=O) groups is 1. The Hall–Kier alpha value is -2.18. The van der Waals surface area contributed by atoms with Gasteiger partial charge in [-0.25, -0.2) is 4.98 Å². The second-order valence-corrected chi connectivity index (χ2v) is 5.10. The molecular weight excluding hydrogens is 272 g/mol. The molecule has 0 atom stereocenters. The molecule has 7 heteroatoms. The number of aromatic nitrogens is 1. The van der Waals surface area contributed by atoms with Gasteiger partial charge in [0.25, 0.3) is 0 Å². The summed E-state index contributed by atoms with van der Waals surface area (Å²) in [5.41, 5.74) is -0.0247. The van der Waals surface area contributed by atoms with Gasteiger partial charge in [-0.05, 0) is 25.3 Å². The molecule has 0 radical (unpaired) electrons. The summed E-state index contributed by atoms with van der Waals surface area (Å²) in [5, 5.41) is 13.8. The molecule has 0 spiro atoms. The lowest BCUT2D eigenvalue weighted by atomic mass is 10.2. The molecule has 1 saturated heterocycles. The molecule has 0 unspecified atom stereocenters. The van der Waals surface area contributed by atoms with Gasteiger partial charge in [0.15, 0.2) is 0 Å². The number of hydrogen-bond donors (Lipinski definition) is 1. The number of nitrogens with zero attached hydrogens (tertiary/aromatic N) is 3. The number of carbonyl (C=O) groups excluding carboxylic acids is 1. The number of anilines is 1. The first-order valence-electron chi connectivity index (χ1n) is 7.29. The normalized spacial score (nSPS) is 15.6. The molecule has 1 aliphatic heterocycles. The molecular formula is C14H20N4O3. The molecule has 0 aliphatic carbocycles. The SMILES string of the molecule is O=C1CCCCCN1CCCNc1ncccc1[N+](=O)[O-]. The van der Waals surface area contributed by atoms with E-state index in [1.54, 1.807) is 6.07 Å². The Morgan fingerprint density at radius 1 is 1.38 bits per heavy atom. The fourth-order valence-electron chi connectivity index (χ4n) is 2.43. The first kappa shape index (κ1) is 15.2. The molecule has 1 fully saturated rings. The average molecular weight is 292 g/mol. The van der Waals surface area contributed by atoms with Crippen LogP contribution < -0.4 is 5.32 Å². The van der Waals surface area contributed by atoms with Crippen molar-refractivity contribution in [2.75, 3.05) is 25.0 Å². The van der Waals surface area contributed by atoms with Crippen LogP contribution in [-0.4, -0.2) is 40.3 Å². The predicted molar refractivity (Wildman–Crippen MR) is 79.0 cm³/mol. The van der Waals surface area contributed by atoms with Crippen LogP contribution in [0.15, 0.2) is 18.3 Å². The number of likely N-dealkylation sites (tertiary alicyclic amines) is 1. The fourth-order valence-corrected chi connectivity index (χ4v) is 2.43. The second kappa shape index (κ2) is 7.56. The van der Waals surface area contributed by atoms with E-state index in [1.165, 1.54) is 12.3 Å². The Kier molecular flexibility index (Phi) is 5.48. The maximum Gasteiger partial charge on any atom is 0.311 e. The Morgan fingerprint density at radius 3 is 3.05 bits per heavy atom. The van der Waals surface area contributed by atoms with E-state index in [2.05, 4.69) is 10.3 Å². The van der Waals surface area contributed by atoms with Crippen LogP contribution in [0.4, 0.5) is 11.5 Å². The van der Waals surface area contributed by atoms with Crippen molar-refractivity contribution in [3.63, 3.8) is 0 Å². The molecule has 0 bridgehead atoms. The van der Waals surface area contributed by atoms with E-state index in [1.807, 2.05) is 4.90 Å². The molecule has 0 saturated carbocycles. The molecule has 1 amide bonds. The topological polar surface area (TPSA) is 88.4 Å². The van der Waals surface area contributed by atoms with Gasteiger partial charge in [-0.3, -0.25) is 14.9 Å². The highest BCUT2D eigenvalue weighted by Gasteiger charge is 2.16. The minimum Gasteiger partial charge on any atom is -0.364 e. The summed E-state index contributed by atoms with van der Waals surface area (Å²) in [6, 6.07) is 2.97. The largest absolute Gasteiger partial charge is 0.364 e. The molecule has 1 aromatic heterocycles. The van der Waals surface area contributed by atoms with Gasteiger partial charge in [-0.2, -0.15) is 0 Å². The number of amides is 1. The lowest BCUT2D eigenvalue weighted by Gasteiger charge is -2.20. The Bertz CT molecular complexity index is 507. The molecule has 2 rings (SSSR count). The zero-order valence-corrected chi connectivity index (χ0v) is 12.0. The van der Waals surface area contributed by atoms with E-state index in [0.29, 0.717) is 19.5 Å². The van der Waals surface area contributed by atoms with Crippen molar-refractivity contribution < 1.29 is 9.72 Å². The predicted octanol–water partition coefficient (Wildman–Crippen LogP) is 2.19. The van der Waals surface area contributed by atoms with Crippen LogP contribution >= 0.6 is 0 Å². The fraction of sp³-hybridized carbons (Fsp3) is 0.571. The van der Waals surface area contributed by atoms with Crippen molar-refractivity contribution in [3.8, 4) is 0 Å². The zero-order chi connectivity index (χ0) is 15.1. The van der Waals surface area contributed by atoms with Gasteiger partial charge in [0.2, 0.25) is 11.7 Å². The van der Waals surface area contributed by atoms with Gasteiger partial charge < -0.3 is 10.2 Å². The summed E-state index contributed by atoms with van der Waals surface area (Å²) < 4.78 is 0. The van der Waals surface area contributed by atoms with Crippen LogP contribution in [0, 0.1) is 10.1 Å². The number of rotatable bonds is 6.